The fourth-order valence-electron chi connectivity index (χ4n) is 2.20. The molecular weight excluding hydrogens is 234 g/mol. The summed E-state index contributed by atoms with van der Waals surface area (Å²) in [6.45, 7) is 14.3. The van der Waals surface area contributed by atoms with Crippen molar-refractivity contribution in [2.75, 3.05) is 6.54 Å². The smallest absolute Gasteiger partial charge is 0.0627 e. The van der Waals surface area contributed by atoms with E-state index in [9.17, 15) is 0 Å². The fourth-order valence-corrected chi connectivity index (χ4v) is 2.20. The summed E-state index contributed by atoms with van der Waals surface area (Å²) >= 11 is 0. The lowest BCUT2D eigenvalue weighted by Gasteiger charge is -2.25. The predicted molar refractivity (Wildman–Crippen MR) is 82.5 cm³/mol. The normalized spacial score (nSPS) is 14.1. The van der Waals surface area contributed by atoms with Gasteiger partial charge in [0.15, 0.2) is 0 Å². The third-order valence-corrected chi connectivity index (χ3v) is 3.31. The van der Waals surface area contributed by atoms with Crippen molar-refractivity contribution in [3.05, 3.63) is 18.0 Å². The van der Waals surface area contributed by atoms with E-state index >= 15 is 0 Å². The van der Waals surface area contributed by atoms with Crippen molar-refractivity contribution in [1.29, 1.82) is 0 Å². The van der Waals surface area contributed by atoms with Gasteiger partial charge in [0.05, 0.1) is 5.69 Å². The summed E-state index contributed by atoms with van der Waals surface area (Å²) < 4.78 is 2.05. The lowest BCUT2D eigenvalue weighted by Crippen LogP contribution is -2.39. The van der Waals surface area contributed by atoms with E-state index in [2.05, 4.69) is 68.9 Å². The second kappa shape index (κ2) is 7.09. The van der Waals surface area contributed by atoms with Crippen molar-refractivity contribution in [2.45, 2.75) is 72.4 Å². The molecule has 0 amide bonds. The van der Waals surface area contributed by atoms with Crippen LogP contribution in [0.25, 0.3) is 0 Å². The van der Waals surface area contributed by atoms with Gasteiger partial charge in [0.1, 0.15) is 0 Å². The molecule has 0 saturated heterocycles. The molecule has 110 valence electrons. The van der Waals surface area contributed by atoms with Crippen LogP contribution in [0.4, 0.5) is 0 Å². The van der Waals surface area contributed by atoms with Crippen LogP contribution in [0.5, 0.6) is 0 Å². The monoisotopic (exact) mass is 265 g/mol. The van der Waals surface area contributed by atoms with Crippen LogP contribution in [-0.2, 0) is 6.42 Å². The Labute approximate surface area is 118 Å². The Morgan fingerprint density at radius 3 is 2.47 bits per heavy atom. The van der Waals surface area contributed by atoms with Crippen molar-refractivity contribution < 1.29 is 0 Å². The minimum Gasteiger partial charge on any atom is -0.312 e. The molecule has 1 N–H and O–H groups in total. The van der Waals surface area contributed by atoms with Crippen molar-refractivity contribution in [2.24, 2.45) is 5.92 Å². The van der Waals surface area contributed by atoms with Crippen LogP contribution in [0, 0.1) is 5.92 Å². The lowest BCUT2D eigenvalue weighted by molar-refractivity contribution is 0.352. The van der Waals surface area contributed by atoms with Gasteiger partial charge >= 0.3 is 0 Å². The summed E-state index contributed by atoms with van der Waals surface area (Å²) in [4.78, 5) is 0. The Kier molecular flexibility index (Phi) is 6.05. The first kappa shape index (κ1) is 16.2. The largest absolute Gasteiger partial charge is 0.312 e. The highest BCUT2D eigenvalue weighted by molar-refractivity contribution is 5.01. The van der Waals surface area contributed by atoms with E-state index in [0.717, 1.165) is 13.0 Å². The number of rotatable bonds is 7. The molecule has 0 aliphatic heterocycles. The summed E-state index contributed by atoms with van der Waals surface area (Å²) in [6, 6.07) is 2.62. The van der Waals surface area contributed by atoms with Gasteiger partial charge in [0.25, 0.3) is 0 Å². The highest BCUT2D eigenvalue weighted by Crippen LogP contribution is 2.15. The molecule has 0 spiro atoms. The summed E-state index contributed by atoms with van der Waals surface area (Å²) in [5.74, 6) is 0.680. The van der Waals surface area contributed by atoms with Gasteiger partial charge in [-0.3, -0.25) is 4.68 Å². The van der Waals surface area contributed by atoms with Gasteiger partial charge in [-0.2, -0.15) is 5.10 Å². The molecule has 3 heteroatoms. The molecule has 1 aromatic rings. The van der Waals surface area contributed by atoms with E-state index in [1.807, 2.05) is 0 Å². The number of nitrogens with zero attached hydrogens (tertiary/aromatic N) is 2. The molecule has 0 fully saturated rings. The summed E-state index contributed by atoms with van der Waals surface area (Å²) in [7, 11) is 0. The second-order valence-electron chi connectivity index (χ2n) is 6.87. The van der Waals surface area contributed by atoms with E-state index in [4.69, 9.17) is 0 Å². The Bertz CT molecular complexity index is 360. The average Bonchev–Trinajstić information content (AvgIpc) is 2.74. The highest BCUT2D eigenvalue weighted by Gasteiger charge is 2.15. The van der Waals surface area contributed by atoms with Crippen LogP contribution in [0.2, 0.25) is 0 Å². The third kappa shape index (κ3) is 6.24. The van der Waals surface area contributed by atoms with Crippen molar-refractivity contribution in [1.82, 2.24) is 15.1 Å². The van der Waals surface area contributed by atoms with Gasteiger partial charge in [-0.05, 0) is 66.0 Å². The minimum atomic E-state index is 0.198. The van der Waals surface area contributed by atoms with Gasteiger partial charge < -0.3 is 5.32 Å². The maximum absolute atomic E-state index is 4.67. The molecule has 0 aliphatic carbocycles. The van der Waals surface area contributed by atoms with Crippen LogP contribution in [-0.4, -0.2) is 21.9 Å². The molecule has 1 unspecified atom stereocenters. The first-order chi connectivity index (χ1) is 8.81. The van der Waals surface area contributed by atoms with Crippen molar-refractivity contribution in [3.8, 4) is 0 Å². The summed E-state index contributed by atoms with van der Waals surface area (Å²) in [6.07, 6.45) is 5.68. The zero-order valence-corrected chi connectivity index (χ0v) is 13.5. The van der Waals surface area contributed by atoms with Crippen molar-refractivity contribution in [3.63, 3.8) is 0 Å². The van der Waals surface area contributed by atoms with Crippen LogP contribution in [0.1, 0.15) is 66.1 Å². The maximum Gasteiger partial charge on any atom is 0.0627 e. The Balaban J connectivity index is 2.56. The molecule has 0 aliphatic rings. The number of aromatic nitrogens is 2. The van der Waals surface area contributed by atoms with Gasteiger partial charge in [-0.15, -0.1) is 0 Å². The Morgan fingerprint density at radius 2 is 2.00 bits per heavy atom. The standard InChI is InChI=1S/C16H31N3/c1-7-8-14(12-17-16(4,5)6)11-15-9-10-19(18-15)13(2)3/h9-10,13-14,17H,7-8,11-12H2,1-6H3. The fraction of sp³-hybridized carbons (Fsp3) is 0.812. The quantitative estimate of drug-likeness (QED) is 0.812. The van der Waals surface area contributed by atoms with E-state index < -0.39 is 0 Å². The summed E-state index contributed by atoms with van der Waals surface area (Å²) in [5.41, 5.74) is 1.42. The average molecular weight is 265 g/mol. The van der Waals surface area contributed by atoms with Crippen LogP contribution in [0.15, 0.2) is 12.3 Å². The molecule has 0 radical (unpaired) electrons. The molecule has 19 heavy (non-hydrogen) atoms. The van der Waals surface area contributed by atoms with Gasteiger partial charge in [-0.25, -0.2) is 0 Å². The molecule has 0 saturated carbocycles. The van der Waals surface area contributed by atoms with Crippen LogP contribution in [0.3, 0.4) is 0 Å². The Hall–Kier alpha value is -0.830. The van der Waals surface area contributed by atoms with Crippen LogP contribution < -0.4 is 5.32 Å². The Morgan fingerprint density at radius 1 is 1.32 bits per heavy atom. The first-order valence-electron chi connectivity index (χ1n) is 7.61. The maximum atomic E-state index is 4.67. The molecule has 1 rings (SSSR count). The SMILES string of the molecule is CCCC(CNC(C)(C)C)Cc1ccn(C(C)C)n1. The topological polar surface area (TPSA) is 29.9 Å². The van der Waals surface area contributed by atoms with E-state index in [1.54, 1.807) is 0 Å². The van der Waals surface area contributed by atoms with Gasteiger partial charge in [-0.1, -0.05) is 13.3 Å². The summed E-state index contributed by atoms with van der Waals surface area (Å²) in [5, 5.41) is 8.29. The van der Waals surface area contributed by atoms with Gasteiger partial charge in [0, 0.05) is 17.8 Å². The zero-order chi connectivity index (χ0) is 14.5. The minimum absolute atomic E-state index is 0.198. The molecule has 0 aromatic carbocycles. The second-order valence-corrected chi connectivity index (χ2v) is 6.87. The predicted octanol–water partition coefficient (Wildman–Crippen LogP) is 3.81. The van der Waals surface area contributed by atoms with E-state index in [-0.39, 0.29) is 5.54 Å². The molecular formula is C16H31N3. The van der Waals surface area contributed by atoms with E-state index in [1.165, 1.54) is 18.5 Å². The molecule has 3 nitrogen and oxygen atoms in total. The molecule has 1 atom stereocenters. The van der Waals surface area contributed by atoms with Crippen molar-refractivity contribution >= 4 is 0 Å². The zero-order valence-electron chi connectivity index (χ0n) is 13.5. The number of hydrogen-bond donors (Lipinski definition) is 1. The van der Waals surface area contributed by atoms with E-state index in [0.29, 0.717) is 12.0 Å². The molecule has 1 aromatic heterocycles. The molecule has 0 bridgehead atoms. The number of nitrogens with one attached hydrogen (secondary N) is 1. The lowest BCUT2D eigenvalue weighted by atomic mass is 9.96. The van der Waals surface area contributed by atoms with Gasteiger partial charge in [0.2, 0.25) is 0 Å². The third-order valence-electron chi connectivity index (χ3n) is 3.31. The molecule has 1 heterocycles. The highest BCUT2D eigenvalue weighted by atomic mass is 15.3. The number of hydrogen-bond acceptors (Lipinski definition) is 2. The van der Waals surface area contributed by atoms with Crippen LogP contribution >= 0.6 is 0 Å². The first-order valence-corrected chi connectivity index (χ1v) is 7.61.